The molecule has 1 aliphatic heterocycles. The molecule has 29 heavy (non-hydrogen) atoms. The van der Waals surface area contributed by atoms with E-state index in [9.17, 15) is 14.9 Å². The molecule has 2 N–H and O–H groups in total. The minimum absolute atomic E-state index is 0.106. The van der Waals surface area contributed by atoms with Gasteiger partial charge >= 0.3 is 0 Å². The molecule has 2 amide bonds. The van der Waals surface area contributed by atoms with Crippen molar-refractivity contribution in [3.63, 3.8) is 0 Å². The maximum absolute atomic E-state index is 12.3. The molecule has 2 aromatic rings. The van der Waals surface area contributed by atoms with Gasteiger partial charge in [-0.2, -0.15) is 5.26 Å². The van der Waals surface area contributed by atoms with E-state index in [0.717, 1.165) is 5.56 Å². The van der Waals surface area contributed by atoms with E-state index in [1.165, 1.54) is 17.3 Å². The number of benzene rings is 2. The number of carbonyl (C=O) groups excluding carboxylic acids is 2. The van der Waals surface area contributed by atoms with Crippen molar-refractivity contribution in [1.29, 1.82) is 5.26 Å². The molecule has 0 aliphatic carbocycles. The van der Waals surface area contributed by atoms with Crippen LogP contribution in [0.2, 0.25) is 0 Å². The van der Waals surface area contributed by atoms with Gasteiger partial charge in [-0.05, 0) is 29.2 Å². The first kappa shape index (κ1) is 20.7. The summed E-state index contributed by atoms with van der Waals surface area (Å²) < 4.78 is 0. The van der Waals surface area contributed by atoms with Crippen molar-refractivity contribution >= 4 is 29.3 Å². The van der Waals surface area contributed by atoms with Crippen molar-refractivity contribution in [2.45, 2.75) is 32.1 Å². The summed E-state index contributed by atoms with van der Waals surface area (Å²) in [5.74, 6) is -0.112. The number of hydrogen-bond acceptors (Lipinski definition) is 4. The quantitative estimate of drug-likeness (QED) is 0.740. The monoisotopic (exact) mass is 405 g/mol. The average molecular weight is 406 g/mol. The van der Waals surface area contributed by atoms with E-state index in [0.29, 0.717) is 22.2 Å². The van der Waals surface area contributed by atoms with Gasteiger partial charge in [-0.1, -0.05) is 68.1 Å². The largest absolute Gasteiger partial charge is 0.325 e. The van der Waals surface area contributed by atoms with Crippen LogP contribution in [0.5, 0.6) is 0 Å². The average Bonchev–Trinajstić information content (AvgIpc) is 2.72. The van der Waals surface area contributed by atoms with Crippen LogP contribution in [-0.4, -0.2) is 17.6 Å². The van der Waals surface area contributed by atoms with Crippen LogP contribution in [0.15, 0.2) is 65.2 Å². The molecule has 0 spiro atoms. The molecular formula is C23H23N3O2S. The zero-order valence-corrected chi connectivity index (χ0v) is 17.3. The van der Waals surface area contributed by atoms with E-state index < -0.39 is 0 Å². The zero-order valence-electron chi connectivity index (χ0n) is 16.4. The first-order chi connectivity index (χ1) is 14.0. The number of thioether (sulfide) groups is 1. The van der Waals surface area contributed by atoms with Crippen LogP contribution in [-0.2, 0) is 9.59 Å². The maximum Gasteiger partial charge on any atom is 0.234 e. The topological polar surface area (TPSA) is 82.0 Å². The maximum atomic E-state index is 12.3. The predicted octanol–water partition coefficient (Wildman–Crippen LogP) is 4.52. The molecule has 0 saturated carbocycles. The molecular weight excluding hydrogens is 382 g/mol. The second-order valence-electron chi connectivity index (χ2n) is 7.18. The zero-order chi connectivity index (χ0) is 20.8. The first-order valence-electron chi connectivity index (χ1n) is 9.49. The molecule has 0 bridgehead atoms. The Bertz CT molecular complexity index is 960. The minimum Gasteiger partial charge on any atom is -0.325 e. The Hall–Kier alpha value is -3.04. The third-order valence-electron chi connectivity index (χ3n) is 4.77. The van der Waals surface area contributed by atoms with Gasteiger partial charge in [-0.3, -0.25) is 9.59 Å². The summed E-state index contributed by atoms with van der Waals surface area (Å²) in [4.78, 5) is 24.5. The van der Waals surface area contributed by atoms with E-state index in [1.54, 1.807) is 0 Å². The highest BCUT2D eigenvalue weighted by molar-refractivity contribution is 8.03. The number of nitrogens with one attached hydrogen (secondary N) is 2. The molecule has 6 heteroatoms. The number of nitriles is 1. The Morgan fingerprint density at radius 1 is 1.21 bits per heavy atom. The Morgan fingerprint density at radius 2 is 1.90 bits per heavy atom. The van der Waals surface area contributed by atoms with Crippen molar-refractivity contribution in [2.24, 2.45) is 0 Å². The van der Waals surface area contributed by atoms with Crippen LogP contribution < -0.4 is 10.6 Å². The summed E-state index contributed by atoms with van der Waals surface area (Å²) >= 11 is 1.18. The van der Waals surface area contributed by atoms with E-state index in [4.69, 9.17) is 0 Å². The van der Waals surface area contributed by atoms with E-state index in [1.807, 2.05) is 54.6 Å². The fourth-order valence-corrected chi connectivity index (χ4v) is 4.06. The van der Waals surface area contributed by atoms with Crippen LogP contribution >= 0.6 is 11.8 Å². The molecule has 148 valence electrons. The van der Waals surface area contributed by atoms with Gasteiger partial charge in [-0.25, -0.2) is 0 Å². The van der Waals surface area contributed by atoms with Gasteiger partial charge in [0.15, 0.2) is 0 Å². The van der Waals surface area contributed by atoms with Crippen molar-refractivity contribution in [2.75, 3.05) is 11.1 Å². The number of carbonyl (C=O) groups is 2. The van der Waals surface area contributed by atoms with E-state index in [2.05, 4.69) is 30.6 Å². The number of rotatable bonds is 6. The molecule has 3 rings (SSSR count). The molecule has 0 fully saturated rings. The highest BCUT2D eigenvalue weighted by atomic mass is 32.2. The van der Waals surface area contributed by atoms with Gasteiger partial charge < -0.3 is 10.6 Å². The lowest BCUT2D eigenvalue weighted by atomic mass is 9.86. The van der Waals surface area contributed by atoms with Crippen LogP contribution in [0.1, 0.15) is 43.2 Å². The SMILES string of the molecule is CC(C)c1ccc([C@@H]2CC(=O)NC(SCC(=O)Nc3ccccc3)=C2C#N)cc1. The molecule has 0 saturated heterocycles. The normalized spacial score (nSPS) is 16.3. The predicted molar refractivity (Wildman–Crippen MR) is 116 cm³/mol. The Morgan fingerprint density at radius 3 is 2.52 bits per heavy atom. The van der Waals surface area contributed by atoms with Crippen LogP contribution in [0, 0.1) is 11.3 Å². The molecule has 0 radical (unpaired) electrons. The van der Waals surface area contributed by atoms with Gasteiger partial charge in [0.05, 0.1) is 22.4 Å². The number of anilines is 1. The highest BCUT2D eigenvalue weighted by Gasteiger charge is 2.29. The standard InChI is InChI=1S/C23H23N3O2S/c1-15(2)16-8-10-17(11-9-16)19-12-21(27)26-23(20(19)13-24)29-14-22(28)25-18-6-4-3-5-7-18/h3-11,15,19H,12,14H2,1-2H3,(H,25,28)(H,26,27)/t19-/m0/s1. The second-order valence-corrected chi connectivity index (χ2v) is 8.17. The van der Waals surface area contributed by atoms with Gasteiger partial charge in [0.2, 0.25) is 11.8 Å². The lowest BCUT2D eigenvalue weighted by molar-refractivity contribution is -0.121. The fourth-order valence-electron chi connectivity index (χ4n) is 3.19. The third-order valence-corrected chi connectivity index (χ3v) is 5.78. The molecule has 1 aliphatic rings. The summed E-state index contributed by atoms with van der Waals surface area (Å²) in [6.45, 7) is 4.25. The fraction of sp³-hybridized carbons (Fsp3) is 0.261. The van der Waals surface area contributed by atoms with Gasteiger partial charge in [-0.15, -0.1) is 0 Å². The summed E-state index contributed by atoms with van der Waals surface area (Å²) in [5.41, 5.74) is 3.36. The number of amides is 2. The molecule has 1 atom stereocenters. The van der Waals surface area contributed by atoms with Crippen molar-refractivity contribution in [3.05, 3.63) is 76.3 Å². The van der Waals surface area contributed by atoms with Crippen molar-refractivity contribution < 1.29 is 9.59 Å². The Kier molecular flexibility index (Phi) is 6.73. The molecule has 5 nitrogen and oxygen atoms in total. The van der Waals surface area contributed by atoms with Gasteiger partial charge in [0.25, 0.3) is 0 Å². The first-order valence-corrected chi connectivity index (χ1v) is 10.5. The van der Waals surface area contributed by atoms with Crippen LogP contribution in [0.3, 0.4) is 0 Å². The Balaban J connectivity index is 1.76. The Labute approximate surface area is 175 Å². The second kappa shape index (κ2) is 9.44. The molecule has 2 aromatic carbocycles. The van der Waals surface area contributed by atoms with Crippen molar-refractivity contribution in [3.8, 4) is 6.07 Å². The lowest BCUT2D eigenvalue weighted by Crippen LogP contribution is -2.31. The molecule has 0 aromatic heterocycles. The lowest BCUT2D eigenvalue weighted by Gasteiger charge is -2.25. The van der Waals surface area contributed by atoms with Crippen LogP contribution in [0.25, 0.3) is 0 Å². The summed E-state index contributed by atoms with van der Waals surface area (Å²) in [5, 5.41) is 15.8. The van der Waals surface area contributed by atoms with Gasteiger partial charge in [0, 0.05) is 18.0 Å². The summed E-state index contributed by atoms with van der Waals surface area (Å²) in [6.07, 6.45) is 0.226. The summed E-state index contributed by atoms with van der Waals surface area (Å²) in [7, 11) is 0. The third kappa shape index (κ3) is 5.27. The van der Waals surface area contributed by atoms with E-state index in [-0.39, 0.29) is 29.9 Å². The number of nitrogens with zero attached hydrogens (tertiary/aromatic N) is 1. The molecule has 1 heterocycles. The van der Waals surface area contributed by atoms with Crippen LogP contribution in [0.4, 0.5) is 5.69 Å². The highest BCUT2D eigenvalue weighted by Crippen LogP contribution is 2.36. The number of allylic oxidation sites excluding steroid dienone is 1. The van der Waals surface area contributed by atoms with Gasteiger partial charge in [0.1, 0.15) is 0 Å². The molecule has 0 unspecified atom stereocenters. The number of hydrogen-bond donors (Lipinski definition) is 2. The minimum atomic E-state index is -0.297. The smallest absolute Gasteiger partial charge is 0.234 e. The van der Waals surface area contributed by atoms with Crippen molar-refractivity contribution in [1.82, 2.24) is 5.32 Å². The summed E-state index contributed by atoms with van der Waals surface area (Å²) in [6, 6.07) is 19.5. The number of para-hydroxylation sites is 1. The van der Waals surface area contributed by atoms with E-state index >= 15 is 0 Å².